The van der Waals surface area contributed by atoms with E-state index in [4.69, 9.17) is 16.7 Å². The summed E-state index contributed by atoms with van der Waals surface area (Å²) in [7, 11) is -4.19. The summed E-state index contributed by atoms with van der Waals surface area (Å²) in [5.74, 6) is -2.05. The van der Waals surface area contributed by atoms with Gasteiger partial charge in [-0.25, -0.2) is 12.8 Å². The van der Waals surface area contributed by atoms with Crippen LogP contribution in [0, 0.1) is 5.82 Å². The molecule has 1 aromatic carbocycles. The van der Waals surface area contributed by atoms with E-state index in [1.54, 1.807) is 0 Å². The van der Waals surface area contributed by atoms with Gasteiger partial charge in [0.25, 0.3) is 0 Å². The van der Waals surface area contributed by atoms with Gasteiger partial charge < -0.3 is 5.11 Å². The van der Waals surface area contributed by atoms with Gasteiger partial charge in [0.15, 0.2) is 0 Å². The van der Waals surface area contributed by atoms with Crippen LogP contribution in [0.3, 0.4) is 0 Å². The largest absolute Gasteiger partial charge is 0.480 e. The Kier molecular flexibility index (Phi) is 5.91. The Labute approximate surface area is 121 Å². The molecular weight excluding hydrogens is 309 g/mol. The average Bonchev–Trinajstić information content (AvgIpc) is 2.36. The monoisotopic (exact) mass is 323 g/mol. The number of carbonyl (C=O) groups is 1. The number of carboxylic acids is 1. The second-order valence-electron chi connectivity index (χ2n) is 4.23. The predicted molar refractivity (Wildman–Crippen MR) is 72.7 cm³/mol. The third-order valence-corrected chi connectivity index (χ3v) is 4.58. The maximum atomic E-state index is 13.1. The van der Waals surface area contributed by atoms with Gasteiger partial charge in [-0.2, -0.15) is 4.72 Å². The molecule has 112 valence electrons. The van der Waals surface area contributed by atoms with Gasteiger partial charge in [0, 0.05) is 0 Å². The van der Waals surface area contributed by atoms with E-state index < -0.39 is 32.7 Å². The Morgan fingerprint density at radius 1 is 1.50 bits per heavy atom. The minimum absolute atomic E-state index is 0.151. The topological polar surface area (TPSA) is 83.5 Å². The number of sulfonamides is 1. The highest BCUT2D eigenvalue weighted by atomic mass is 35.5. The first-order valence-corrected chi connectivity index (χ1v) is 7.84. The van der Waals surface area contributed by atoms with Gasteiger partial charge in [0.05, 0.1) is 5.02 Å². The van der Waals surface area contributed by atoms with E-state index in [9.17, 15) is 17.6 Å². The van der Waals surface area contributed by atoms with Crippen LogP contribution in [0.5, 0.6) is 0 Å². The molecule has 8 heteroatoms. The van der Waals surface area contributed by atoms with E-state index in [-0.39, 0.29) is 11.4 Å². The molecule has 0 aliphatic rings. The zero-order valence-electron chi connectivity index (χ0n) is 10.8. The molecule has 0 aliphatic carbocycles. The maximum absolute atomic E-state index is 13.1. The van der Waals surface area contributed by atoms with Crippen molar-refractivity contribution in [3.05, 3.63) is 29.0 Å². The van der Waals surface area contributed by atoms with Gasteiger partial charge >= 0.3 is 5.97 Å². The predicted octanol–water partition coefficient (Wildman–Crippen LogP) is 2.40. The Hall–Kier alpha value is -1.18. The van der Waals surface area contributed by atoms with Crippen molar-refractivity contribution < 1.29 is 22.7 Å². The Balaban J connectivity index is 3.03. The van der Waals surface area contributed by atoms with Crippen molar-refractivity contribution in [3.8, 4) is 0 Å². The lowest BCUT2D eigenvalue weighted by Gasteiger charge is -2.15. The lowest BCUT2D eigenvalue weighted by Crippen LogP contribution is -2.40. The normalized spacial score (nSPS) is 13.2. The van der Waals surface area contributed by atoms with Gasteiger partial charge in [-0.05, 0) is 24.6 Å². The fourth-order valence-corrected chi connectivity index (χ4v) is 3.31. The second kappa shape index (κ2) is 7.01. The molecule has 0 radical (unpaired) electrons. The fraction of sp³-hybridized carbons (Fsp3) is 0.417. The number of benzene rings is 1. The summed E-state index contributed by atoms with van der Waals surface area (Å²) >= 11 is 5.71. The van der Waals surface area contributed by atoms with Crippen molar-refractivity contribution in [3.63, 3.8) is 0 Å². The molecule has 1 aromatic rings. The highest BCUT2D eigenvalue weighted by molar-refractivity contribution is 7.89. The van der Waals surface area contributed by atoms with Crippen molar-refractivity contribution >= 4 is 27.6 Å². The van der Waals surface area contributed by atoms with Crippen molar-refractivity contribution in [2.75, 3.05) is 0 Å². The Morgan fingerprint density at radius 3 is 2.70 bits per heavy atom. The average molecular weight is 324 g/mol. The van der Waals surface area contributed by atoms with Crippen LogP contribution in [0.1, 0.15) is 26.2 Å². The van der Waals surface area contributed by atoms with Crippen LogP contribution >= 0.6 is 11.6 Å². The van der Waals surface area contributed by atoms with Gasteiger partial charge in [-0.15, -0.1) is 0 Å². The molecule has 0 aliphatic heterocycles. The molecule has 0 saturated heterocycles. The lowest BCUT2D eigenvalue weighted by molar-refractivity contribution is -0.139. The number of hydrogen-bond acceptors (Lipinski definition) is 3. The molecule has 5 nitrogen and oxygen atoms in total. The summed E-state index contributed by atoms with van der Waals surface area (Å²) in [6, 6.07) is 1.61. The van der Waals surface area contributed by atoms with E-state index in [0.717, 1.165) is 24.6 Å². The van der Waals surface area contributed by atoms with Gasteiger partial charge in [0.1, 0.15) is 16.8 Å². The molecule has 1 atom stereocenters. The van der Waals surface area contributed by atoms with Crippen LogP contribution in [0.2, 0.25) is 5.02 Å². The number of carboxylic acid groups (broad SMARTS) is 1. The molecule has 0 unspecified atom stereocenters. The molecule has 0 aromatic heterocycles. The van der Waals surface area contributed by atoms with E-state index in [2.05, 4.69) is 0 Å². The summed E-state index contributed by atoms with van der Waals surface area (Å²) in [6.07, 6.45) is 1.43. The first kappa shape index (κ1) is 16.9. The lowest BCUT2D eigenvalue weighted by atomic mass is 10.1. The number of nitrogens with one attached hydrogen (secondary N) is 1. The van der Waals surface area contributed by atoms with Gasteiger partial charge in [-0.3, -0.25) is 4.79 Å². The molecule has 0 amide bonds. The summed E-state index contributed by atoms with van der Waals surface area (Å²) in [6.45, 7) is 1.86. The third kappa shape index (κ3) is 4.43. The molecule has 20 heavy (non-hydrogen) atoms. The number of aliphatic carboxylic acids is 1. The minimum Gasteiger partial charge on any atom is -0.480 e. The quantitative estimate of drug-likeness (QED) is 0.807. The van der Waals surface area contributed by atoms with Crippen LogP contribution in [-0.2, 0) is 14.8 Å². The maximum Gasteiger partial charge on any atom is 0.321 e. The fourth-order valence-electron chi connectivity index (χ4n) is 1.57. The van der Waals surface area contributed by atoms with Crippen LogP contribution < -0.4 is 4.72 Å². The van der Waals surface area contributed by atoms with Crippen molar-refractivity contribution in [2.45, 2.75) is 37.1 Å². The summed E-state index contributed by atoms with van der Waals surface area (Å²) in [5.41, 5.74) is 0. The molecule has 0 saturated carbocycles. The standard InChI is InChI=1S/C12H15ClFNO4S/c1-2-3-4-10(12(16)17)15-20(18,19)11-7-8(14)5-6-9(11)13/h5-7,10,15H,2-4H2,1H3,(H,16,17)/t10-/m0/s1. The zero-order chi connectivity index (χ0) is 15.3. The minimum atomic E-state index is -4.19. The SMILES string of the molecule is CCCC[C@H](NS(=O)(=O)c1cc(F)ccc1Cl)C(=O)O. The number of halogens is 2. The van der Waals surface area contributed by atoms with E-state index in [1.807, 2.05) is 11.6 Å². The highest BCUT2D eigenvalue weighted by Crippen LogP contribution is 2.22. The van der Waals surface area contributed by atoms with Gasteiger partial charge in [-0.1, -0.05) is 31.4 Å². The van der Waals surface area contributed by atoms with E-state index >= 15 is 0 Å². The highest BCUT2D eigenvalue weighted by Gasteiger charge is 2.26. The van der Waals surface area contributed by atoms with E-state index in [1.165, 1.54) is 0 Å². The van der Waals surface area contributed by atoms with E-state index in [0.29, 0.717) is 6.42 Å². The van der Waals surface area contributed by atoms with Crippen LogP contribution in [0.25, 0.3) is 0 Å². The smallest absolute Gasteiger partial charge is 0.321 e. The number of hydrogen-bond donors (Lipinski definition) is 2. The zero-order valence-corrected chi connectivity index (χ0v) is 12.3. The Morgan fingerprint density at radius 2 is 2.15 bits per heavy atom. The number of rotatable bonds is 7. The summed E-state index contributed by atoms with van der Waals surface area (Å²) in [5, 5.41) is 8.83. The van der Waals surface area contributed by atoms with Gasteiger partial charge in [0.2, 0.25) is 10.0 Å². The summed E-state index contributed by atoms with van der Waals surface area (Å²) < 4.78 is 39.3. The van der Waals surface area contributed by atoms with Crippen LogP contribution in [-0.4, -0.2) is 25.5 Å². The second-order valence-corrected chi connectivity index (χ2v) is 6.32. The van der Waals surface area contributed by atoms with Crippen LogP contribution in [0.15, 0.2) is 23.1 Å². The number of unbranched alkanes of at least 4 members (excludes halogenated alkanes) is 1. The molecule has 1 rings (SSSR count). The molecule has 0 bridgehead atoms. The molecular formula is C12H15ClFNO4S. The molecule has 0 fully saturated rings. The first-order chi connectivity index (χ1) is 9.27. The summed E-state index contributed by atoms with van der Waals surface area (Å²) in [4.78, 5) is 10.6. The Bertz CT molecular complexity index is 591. The molecule has 2 N–H and O–H groups in total. The van der Waals surface area contributed by atoms with Crippen molar-refractivity contribution in [2.24, 2.45) is 0 Å². The first-order valence-electron chi connectivity index (χ1n) is 5.98. The van der Waals surface area contributed by atoms with Crippen molar-refractivity contribution in [1.82, 2.24) is 4.72 Å². The molecule has 0 heterocycles. The van der Waals surface area contributed by atoms with Crippen LogP contribution in [0.4, 0.5) is 4.39 Å². The van der Waals surface area contributed by atoms with Crippen molar-refractivity contribution in [1.29, 1.82) is 0 Å². The molecule has 0 spiro atoms. The third-order valence-electron chi connectivity index (χ3n) is 2.62.